The molecule has 172 valence electrons. The van der Waals surface area contributed by atoms with Crippen LogP contribution in [0.3, 0.4) is 0 Å². The van der Waals surface area contributed by atoms with Crippen molar-refractivity contribution in [3.8, 4) is 5.75 Å². The Morgan fingerprint density at radius 2 is 1.33 bits per heavy atom. The molecule has 3 aromatic carbocycles. The summed E-state index contributed by atoms with van der Waals surface area (Å²) < 4.78 is 5.55. The molecule has 0 aliphatic heterocycles. The minimum atomic E-state index is -0.419. The molecule has 5 nitrogen and oxygen atoms in total. The van der Waals surface area contributed by atoms with E-state index >= 15 is 0 Å². The predicted molar refractivity (Wildman–Crippen MR) is 136 cm³/mol. The SMILES string of the molecule is Cc1c(Cl)c(C)c(Cl)c(OCC(=O)Nc2ccc(NC(=O)c3ccc(Cl)cc3Cl)cc2)c1Cl. The molecule has 0 unspecified atom stereocenters. The summed E-state index contributed by atoms with van der Waals surface area (Å²) in [5.74, 6) is -0.604. The zero-order valence-electron chi connectivity index (χ0n) is 17.4. The molecule has 0 bridgehead atoms. The summed E-state index contributed by atoms with van der Waals surface area (Å²) in [4.78, 5) is 24.7. The Labute approximate surface area is 215 Å². The number of halogens is 5. The predicted octanol–water partition coefficient (Wildman–Crippen LogP) is 7.84. The van der Waals surface area contributed by atoms with Gasteiger partial charge in [-0.15, -0.1) is 0 Å². The van der Waals surface area contributed by atoms with Crippen LogP contribution in [0.15, 0.2) is 42.5 Å². The van der Waals surface area contributed by atoms with Crippen molar-refractivity contribution in [1.82, 2.24) is 0 Å². The van der Waals surface area contributed by atoms with Gasteiger partial charge in [-0.1, -0.05) is 58.0 Å². The topological polar surface area (TPSA) is 67.4 Å². The van der Waals surface area contributed by atoms with Crippen LogP contribution in [0.4, 0.5) is 11.4 Å². The van der Waals surface area contributed by atoms with E-state index in [0.29, 0.717) is 38.1 Å². The first-order valence-electron chi connectivity index (χ1n) is 9.51. The normalized spacial score (nSPS) is 10.6. The number of anilines is 2. The molecule has 3 aromatic rings. The number of carbonyl (C=O) groups is 2. The fourth-order valence-electron chi connectivity index (χ4n) is 2.88. The minimum Gasteiger partial charge on any atom is -0.481 e. The molecule has 0 atom stereocenters. The van der Waals surface area contributed by atoms with Crippen LogP contribution in [0.5, 0.6) is 5.75 Å². The minimum absolute atomic E-state index is 0.201. The fraction of sp³-hybridized carbons (Fsp3) is 0.130. The van der Waals surface area contributed by atoms with Crippen LogP contribution in [0.1, 0.15) is 21.5 Å². The molecule has 0 fully saturated rings. The third-order valence-corrected chi connectivity index (χ3v) is 6.69. The number of rotatable bonds is 6. The number of carbonyl (C=O) groups excluding carboxylic acids is 2. The highest BCUT2D eigenvalue weighted by molar-refractivity contribution is 6.42. The second-order valence-electron chi connectivity index (χ2n) is 7.01. The first kappa shape index (κ1) is 25.5. The lowest BCUT2D eigenvalue weighted by atomic mass is 10.1. The fourth-order valence-corrected chi connectivity index (χ4v) is 4.20. The maximum absolute atomic E-state index is 12.4. The van der Waals surface area contributed by atoms with Crippen molar-refractivity contribution in [3.63, 3.8) is 0 Å². The summed E-state index contributed by atoms with van der Waals surface area (Å²) in [5, 5.41) is 7.07. The average molecular weight is 547 g/mol. The molecule has 10 heteroatoms. The van der Waals surface area contributed by atoms with E-state index in [-0.39, 0.29) is 33.3 Å². The van der Waals surface area contributed by atoms with Gasteiger partial charge in [0.05, 0.1) is 20.6 Å². The van der Waals surface area contributed by atoms with Crippen molar-refractivity contribution in [2.75, 3.05) is 17.2 Å². The van der Waals surface area contributed by atoms with Gasteiger partial charge in [0.2, 0.25) is 0 Å². The molecule has 2 N–H and O–H groups in total. The summed E-state index contributed by atoms with van der Waals surface area (Å²) >= 11 is 30.6. The summed E-state index contributed by atoms with van der Waals surface area (Å²) in [6.45, 7) is 3.16. The standard InChI is InChI=1S/C23H17Cl5N2O3/c1-11-19(26)12(2)21(28)22(20(11)27)33-10-18(31)29-14-4-6-15(7-5-14)30-23(32)16-8-3-13(24)9-17(16)25/h3-9H,10H2,1-2H3,(H,29,31)(H,30,32). The average Bonchev–Trinajstić information content (AvgIpc) is 2.77. The van der Waals surface area contributed by atoms with E-state index < -0.39 is 5.91 Å². The van der Waals surface area contributed by atoms with Crippen molar-refractivity contribution in [3.05, 3.63) is 84.3 Å². The largest absolute Gasteiger partial charge is 0.481 e. The Balaban J connectivity index is 1.60. The molecule has 0 saturated heterocycles. The van der Waals surface area contributed by atoms with Crippen LogP contribution in [0.25, 0.3) is 0 Å². The number of hydrogen-bond acceptors (Lipinski definition) is 3. The number of hydrogen-bond donors (Lipinski definition) is 2. The van der Waals surface area contributed by atoms with E-state index in [9.17, 15) is 9.59 Å². The molecule has 3 rings (SSSR count). The zero-order chi connectivity index (χ0) is 24.3. The monoisotopic (exact) mass is 544 g/mol. The number of ether oxygens (including phenoxy) is 1. The van der Waals surface area contributed by atoms with Crippen LogP contribution in [-0.4, -0.2) is 18.4 Å². The molecule has 0 saturated carbocycles. The van der Waals surface area contributed by atoms with E-state index in [1.54, 1.807) is 44.2 Å². The van der Waals surface area contributed by atoms with Gasteiger partial charge < -0.3 is 15.4 Å². The van der Waals surface area contributed by atoms with Gasteiger partial charge in [-0.3, -0.25) is 9.59 Å². The van der Waals surface area contributed by atoms with Crippen molar-refractivity contribution in [2.24, 2.45) is 0 Å². The highest BCUT2D eigenvalue weighted by atomic mass is 35.5. The maximum Gasteiger partial charge on any atom is 0.262 e. The smallest absolute Gasteiger partial charge is 0.262 e. The van der Waals surface area contributed by atoms with E-state index in [0.717, 1.165) is 0 Å². The van der Waals surface area contributed by atoms with Gasteiger partial charge in [-0.2, -0.15) is 0 Å². The highest BCUT2D eigenvalue weighted by Gasteiger charge is 2.19. The van der Waals surface area contributed by atoms with Crippen molar-refractivity contribution < 1.29 is 14.3 Å². The van der Waals surface area contributed by atoms with Crippen LogP contribution < -0.4 is 15.4 Å². The van der Waals surface area contributed by atoms with Gasteiger partial charge in [0.1, 0.15) is 0 Å². The van der Waals surface area contributed by atoms with Gasteiger partial charge in [0.15, 0.2) is 12.4 Å². The highest BCUT2D eigenvalue weighted by Crippen LogP contribution is 2.42. The molecule has 0 spiro atoms. The Kier molecular flexibility index (Phi) is 8.38. The van der Waals surface area contributed by atoms with Crippen LogP contribution in [0.2, 0.25) is 25.1 Å². The van der Waals surface area contributed by atoms with Gasteiger partial charge >= 0.3 is 0 Å². The third-order valence-electron chi connectivity index (χ3n) is 4.67. The lowest BCUT2D eigenvalue weighted by molar-refractivity contribution is -0.118. The van der Waals surface area contributed by atoms with Crippen molar-refractivity contribution in [1.29, 1.82) is 0 Å². The quantitative estimate of drug-likeness (QED) is 0.331. The van der Waals surface area contributed by atoms with Crippen molar-refractivity contribution in [2.45, 2.75) is 13.8 Å². The molecule has 2 amide bonds. The lowest BCUT2D eigenvalue weighted by Crippen LogP contribution is -2.20. The van der Waals surface area contributed by atoms with Gasteiger partial charge in [-0.05, 0) is 67.4 Å². The summed E-state index contributed by atoms with van der Waals surface area (Å²) in [6.07, 6.45) is 0. The third kappa shape index (κ3) is 6.05. The van der Waals surface area contributed by atoms with Crippen LogP contribution in [-0.2, 0) is 4.79 Å². The van der Waals surface area contributed by atoms with Gasteiger partial charge in [-0.25, -0.2) is 0 Å². The Hall–Kier alpha value is -2.15. The molecule has 33 heavy (non-hydrogen) atoms. The number of nitrogens with one attached hydrogen (secondary N) is 2. The van der Waals surface area contributed by atoms with Crippen LogP contribution in [0, 0.1) is 13.8 Å². The Bertz CT molecular complexity index is 1200. The summed E-state index contributed by atoms with van der Waals surface area (Å²) in [5.41, 5.74) is 2.56. The molecule has 0 radical (unpaired) electrons. The summed E-state index contributed by atoms with van der Waals surface area (Å²) in [6, 6.07) is 11.1. The van der Waals surface area contributed by atoms with Crippen molar-refractivity contribution >= 4 is 81.2 Å². The Morgan fingerprint density at radius 3 is 1.88 bits per heavy atom. The molecular weight excluding hydrogens is 530 g/mol. The Morgan fingerprint density at radius 1 is 0.788 bits per heavy atom. The van der Waals surface area contributed by atoms with E-state index in [1.165, 1.54) is 12.1 Å². The first-order valence-corrected chi connectivity index (χ1v) is 11.4. The van der Waals surface area contributed by atoms with Gasteiger partial charge in [0.25, 0.3) is 11.8 Å². The van der Waals surface area contributed by atoms with Crippen LogP contribution >= 0.6 is 58.0 Å². The second kappa shape index (κ2) is 10.9. The lowest BCUT2D eigenvalue weighted by Gasteiger charge is -2.15. The van der Waals surface area contributed by atoms with Gasteiger partial charge in [0, 0.05) is 21.4 Å². The maximum atomic E-state index is 12.4. The summed E-state index contributed by atoms with van der Waals surface area (Å²) in [7, 11) is 0. The molecule has 0 aliphatic rings. The second-order valence-corrected chi connectivity index (χ2v) is 8.99. The molecular formula is C23H17Cl5N2O3. The molecule has 0 aliphatic carbocycles. The van der Waals surface area contributed by atoms with E-state index in [1.807, 2.05) is 0 Å². The van der Waals surface area contributed by atoms with E-state index in [2.05, 4.69) is 10.6 Å². The first-order chi connectivity index (χ1) is 15.6. The molecule has 0 heterocycles. The number of benzene rings is 3. The van der Waals surface area contributed by atoms with E-state index in [4.69, 9.17) is 62.7 Å². The number of amides is 2. The molecule has 0 aromatic heterocycles. The zero-order valence-corrected chi connectivity index (χ0v) is 21.1.